The second kappa shape index (κ2) is 5.75. The molecule has 2 rings (SSSR count). The number of halogens is 1. The van der Waals surface area contributed by atoms with E-state index in [4.69, 9.17) is 9.47 Å². The Morgan fingerprint density at radius 2 is 1.74 bits per heavy atom. The summed E-state index contributed by atoms with van der Waals surface area (Å²) in [6.45, 7) is 0. The molecule has 0 atom stereocenters. The van der Waals surface area contributed by atoms with Gasteiger partial charge in [-0.3, -0.25) is 0 Å². The number of methoxy groups -OCH3 is 1. The van der Waals surface area contributed by atoms with E-state index in [-0.39, 0.29) is 11.3 Å². The lowest BCUT2D eigenvalue weighted by atomic mass is 10.2. The van der Waals surface area contributed by atoms with Gasteiger partial charge in [-0.1, -0.05) is 6.07 Å². The molecule has 2 aromatic carbocycles. The van der Waals surface area contributed by atoms with Gasteiger partial charge in [-0.15, -0.1) is 0 Å². The van der Waals surface area contributed by atoms with Crippen LogP contribution in [0.2, 0.25) is 0 Å². The zero-order valence-corrected chi connectivity index (χ0v) is 11.7. The second-order valence-corrected chi connectivity index (χ2v) is 4.55. The van der Waals surface area contributed by atoms with Crippen LogP contribution in [0.25, 0.3) is 0 Å². The van der Waals surface area contributed by atoms with Crippen molar-refractivity contribution in [2.75, 3.05) is 7.11 Å². The first-order valence-corrected chi connectivity index (χ1v) is 6.25. The van der Waals surface area contributed by atoms with E-state index in [9.17, 15) is 9.90 Å². The van der Waals surface area contributed by atoms with E-state index in [2.05, 4.69) is 15.9 Å². The summed E-state index contributed by atoms with van der Waals surface area (Å²) in [6.07, 6.45) is 0. The minimum Gasteiger partial charge on any atom is -0.497 e. The molecule has 0 fully saturated rings. The average Bonchev–Trinajstić information content (AvgIpc) is 2.39. The molecule has 1 N–H and O–H groups in total. The van der Waals surface area contributed by atoms with Crippen molar-refractivity contribution in [3.05, 3.63) is 52.5 Å². The van der Waals surface area contributed by atoms with Crippen LogP contribution < -0.4 is 9.47 Å². The molecular formula is C14H11BrO4. The molecule has 0 aliphatic carbocycles. The molecule has 0 amide bonds. The van der Waals surface area contributed by atoms with E-state index in [1.165, 1.54) is 0 Å². The van der Waals surface area contributed by atoms with E-state index in [1.54, 1.807) is 49.6 Å². The summed E-state index contributed by atoms with van der Waals surface area (Å²) in [6, 6.07) is 11.9. The summed E-state index contributed by atoms with van der Waals surface area (Å²) in [4.78, 5) is 11.2. The molecule has 19 heavy (non-hydrogen) atoms. The number of carbonyl (C=O) groups is 1. The van der Waals surface area contributed by atoms with Gasteiger partial charge in [-0.2, -0.15) is 0 Å². The summed E-state index contributed by atoms with van der Waals surface area (Å²) < 4.78 is 11.1. The van der Waals surface area contributed by atoms with Crippen molar-refractivity contribution in [2.24, 2.45) is 0 Å². The number of rotatable bonds is 4. The van der Waals surface area contributed by atoms with Crippen LogP contribution in [0.4, 0.5) is 0 Å². The number of carboxylic acids is 1. The van der Waals surface area contributed by atoms with Gasteiger partial charge in [0.15, 0.2) is 0 Å². The fourth-order valence-electron chi connectivity index (χ4n) is 1.57. The third-order valence-electron chi connectivity index (χ3n) is 2.48. The number of ether oxygens (including phenoxy) is 2. The van der Waals surface area contributed by atoms with Crippen molar-refractivity contribution in [3.8, 4) is 17.2 Å². The highest BCUT2D eigenvalue weighted by Crippen LogP contribution is 2.31. The van der Waals surface area contributed by atoms with Crippen molar-refractivity contribution >= 4 is 21.9 Å². The quantitative estimate of drug-likeness (QED) is 0.926. The molecule has 5 heteroatoms. The average molecular weight is 323 g/mol. The molecule has 0 aliphatic rings. The van der Waals surface area contributed by atoms with Crippen molar-refractivity contribution in [1.82, 2.24) is 0 Å². The van der Waals surface area contributed by atoms with Crippen LogP contribution in [-0.4, -0.2) is 18.2 Å². The van der Waals surface area contributed by atoms with E-state index < -0.39 is 5.97 Å². The number of aromatic carboxylic acids is 1. The molecule has 0 spiro atoms. The van der Waals surface area contributed by atoms with Crippen LogP contribution in [0.15, 0.2) is 46.9 Å². The highest BCUT2D eigenvalue weighted by Gasteiger charge is 2.15. The lowest BCUT2D eigenvalue weighted by Gasteiger charge is -2.10. The van der Waals surface area contributed by atoms with Crippen molar-refractivity contribution in [3.63, 3.8) is 0 Å². The zero-order valence-electron chi connectivity index (χ0n) is 10.1. The minimum atomic E-state index is -1.05. The Morgan fingerprint density at radius 3 is 2.32 bits per heavy atom. The summed E-state index contributed by atoms with van der Waals surface area (Å²) >= 11 is 3.20. The Labute approximate surface area is 118 Å². The van der Waals surface area contributed by atoms with Crippen LogP contribution in [0, 0.1) is 0 Å². The monoisotopic (exact) mass is 322 g/mol. The molecule has 4 nitrogen and oxygen atoms in total. The van der Waals surface area contributed by atoms with Crippen molar-refractivity contribution in [1.29, 1.82) is 0 Å². The van der Waals surface area contributed by atoms with Crippen LogP contribution >= 0.6 is 15.9 Å². The summed E-state index contributed by atoms with van der Waals surface area (Å²) in [5.74, 6) is 0.490. The van der Waals surface area contributed by atoms with Gasteiger partial charge in [0, 0.05) is 4.47 Å². The Morgan fingerprint density at radius 1 is 1.11 bits per heavy atom. The first-order valence-electron chi connectivity index (χ1n) is 5.45. The van der Waals surface area contributed by atoms with Gasteiger partial charge in [-0.05, 0) is 52.3 Å². The predicted octanol–water partition coefficient (Wildman–Crippen LogP) is 3.95. The predicted molar refractivity (Wildman–Crippen MR) is 74.2 cm³/mol. The summed E-state index contributed by atoms with van der Waals surface area (Å²) in [7, 11) is 1.58. The molecule has 2 aromatic rings. The molecule has 0 unspecified atom stereocenters. The lowest BCUT2D eigenvalue weighted by molar-refractivity contribution is 0.0693. The topological polar surface area (TPSA) is 55.8 Å². The Bertz CT molecular complexity index is 593. The zero-order chi connectivity index (χ0) is 13.8. The maximum absolute atomic E-state index is 11.2. The first-order chi connectivity index (χ1) is 9.11. The lowest BCUT2D eigenvalue weighted by Crippen LogP contribution is -2.01. The van der Waals surface area contributed by atoms with Crippen LogP contribution in [0.1, 0.15) is 10.4 Å². The normalized spacial score (nSPS) is 10.0. The van der Waals surface area contributed by atoms with Gasteiger partial charge in [0.25, 0.3) is 0 Å². The molecule has 0 saturated carbocycles. The van der Waals surface area contributed by atoms with Gasteiger partial charge >= 0.3 is 5.97 Å². The Kier molecular flexibility index (Phi) is 4.06. The van der Waals surface area contributed by atoms with E-state index in [1.807, 2.05) is 0 Å². The van der Waals surface area contributed by atoms with Crippen LogP contribution in [0.5, 0.6) is 17.2 Å². The minimum absolute atomic E-state index is 0.0957. The van der Waals surface area contributed by atoms with Crippen molar-refractivity contribution < 1.29 is 19.4 Å². The maximum atomic E-state index is 11.2. The van der Waals surface area contributed by atoms with Crippen LogP contribution in [0.3, 0.4) is 0 Å². The standard InChI is InChI=1S/C14H11BrO4/c1-18-9-5-7-10(8-6-9)19-12-4-2-3-11(15)13(12)14(16)17/h2-8H,1H3,(H,16,17). The fraction of sp³-hybridized carbons (Fsp3) is 0.0714. The van der Waals surface area contributed by atoms with Gasteiger partial charge in [-0.25, -0.2) is 4.79 Å². The maximum Gasteiger partial charge on any atom is 0.340 e. The number of hydrogen-bond acceptors (Lipinski definition) is 3. The molecule has 0 bridgehead atoms. The molecule has 98 valence electrons. The SMILES string of the molecule is COc1ccc(Oc2cccc(Br)c2C(=O)O)cc1. The van der Waals surface area contributed by atoms with Gasteiger partial charge in [0.2, 0.25) is 0 Å². The Balaban J connectivity index is 2.32. The molecule has 0 saturated heterocycles. The molecular weight excluding hydrogens is 312 g/mol. The first kappa shape index (κ1) is 13.4. The summed E-state index contributed by atoms with van der Waals surface area (Å²) in [5.41, 5.74) is 0.0957. The molecule has 0 radical (unpaired) electrons. The highest BCUT2D eigenvalue weighted by atomic mass is 79.9. The molecule has 0 aliphatic heterocycles. The van der Waals surface area contributed by atoms with E-state index in [0.717, 1.165) is 0 Å². The number of hydrogen-bond donors (Lipinski definition) is 1. The van der Waals surface area contributed by atoms with Gasteiger partial charge < -0.3 is 14.6 Å². The van der Waals surface area contributed by atoms with Crippen molar-refractivity contribution in [2.45, 2.75) is 0 Å². The molecule has 0 heterocycles. The second-order valence-electron chi connectivity index (χ2n) is 3.70. The largest absolute Gasteiger partial charge is 0.497 e. The van der Waals surface area contributed by atoms with Gasteiger partial charge in [0.05, 0.1) is 7.11 Å². The smallest absolute Gasteiger partial charge is 0.340 e. The van der Waals surface area contributed by atoms with Crippen LogP contribution in [-0.2, 0) is 0 Å². The highest BCUT2D eigenvalue weighted by molar-refractivity contribution is 9.10. The Hall–Kier alpha value is -2.01. The third-order valence-corrected chi connectivity index (χ3v) is 3.14. The number of carboxylic acid groups (broad SMARTS) is 1. The van der Waals surface area contributed by atoms with Gasteiger partial charge in [0.1, 0.15) is 22.8 Å². The van der Waals surface area contributed by atoms with E-state index in [0.29, 0.717) is 16.0 Å². The number of benzene rings is 2. The molecule has 0 aromatic heterocycles. The fourth-order valence-corrected chi connectivity index (χ4v) is 2.09. The summed E-state index contributed by atoms with van der Waals surface area (Å²) in [5, 5.41) is 9.18. The third kappa shape index (κ3) is 3.06. The van der Waals surface area contributed by atoms with E-state index >= 15 is 0 Å².